The van der Waals surface area contributed by atoms with Gasteiger partial charge in [0, 0.05) is 12.6 Å². The summed E-state index contributed by atoms with van der Waals surface area (Å²) in [6.45, 7) is 0.899. The van der Waals surface area contributed by atoms with E-state index in [9.17, 15) is 10.1 Å². The van der Waals surface area contributed by atoms with Crippen molar-refractivity contribution in [2.75, 3.05) is 16.9 Å². The van der Waals surface area contributed by atoms with Crippen LogP contribution in [0.3, 0.4) is 0 Å². The minimum atomic E-state index is -0.322. The number of hydrogen-bond acceptors (Lipinski definition) is 5. The number of fused-ring (bicyclic) bond motifs is 1. The number of hydrogen-bond donors (Lipinski definition) is 2. The lowest BCUT2D eigenvalue weighted by atomic mass is 9.78. The maximum atomic E-state index is 11.5. The molecule has 0 spiro atoms. The number of hydrazine groups is 1. The van der Waals surface area contributed by atoms with E-state index in [2.05, 4.69) is 10.3 Å². The summed E-state index contributed by atoms with van der Waals surface area (Å²) in [6, 6.07) is 5.79. The van der Waals surface area contributed by atoms with Gasteiger partial charge in [0.05, 0.1) is 4.92 Å². The summed E-state index contributed by atoms with van der Waals surface area (Å²) in [5, 5.41) is 11.5. The number of piperidine rings is 1. The largest absolute Gasteiger partial charge is 0.363 e. The molecule has 6 nitrogen and oxygen atoms in total. The molecule has 1 heterocycles. The van der Waals surface area contributed by atoms with Crippen molar-refractivity contribution in [3.63, 3.8) is 0 Å². The first-order valence-corrected chi connectivity index (χ1v) is 7.73. The van der Waals surface area contributed by atoms with Crippen molar-refractivity contribution >= 4 is 17.1 Å². The molecule has 0 amide bonds. The number of benzene rings is 1. The van der Waals surface area contributed by atoms with Crippen molar-refractivity contribution in [1.29, 1.82) is 0 Å². The molecule has 2 atom stereocenters. The van der Waals surface area contributed by atoms with Crippen molar-refractivity contribution in [3.05, 3.63) is 28.3 Å². The summed E-state index contributed by atoms with van der Waals surface area (Å²) in [4.78, 5) is 13.4. The number of nitro groups is 1. The lowest BCUT2D eigenvalue weighted by Gasteiger charge is -2.45. The Hall–Kier alpha value is -1.82. The fraction of sp³-hybridized carbons (Fsp3) is 0.600. The molecule has 1 saturated heterocycles. The Labute approximate surface area is 124 Å². The Morgan fingerprint density at radius 2 is 2.00 bits per heavy atom. The summed E-state index contributed by atoms with van der Waals surface area (Å²) in [5.41, 5.74) is 3.66. The fourth-order valence-corrected chi connectivity index (χ4v) is 4.00. The molecule has 1 aliphatic carbocycles. The van der Waals surface area contributed by atoms with Crippen molar-refractivity contribution in [1.82, 2.24) is 0 Å². The van der Waals surface area contributed by atoms with Gasteiger partial charge < -0.3 is 10.3 Å². The van der Waals surface area contributed by atoms with Crippen molar-refractivity contribution < 1.29 is 4.92 Å². The number of para-hydroxylation sites is 1. The Bertz CT molecular complexity index is 532. The average Bonchev–Trinajstić information content (AvgIpc) is 2.53. The van der Waals surface area contributed by atoms with Gasteiger partial charge in [0.1, 0.15) is 11.4 Å². The third-order valence-electron chi connectivity index (χ3n) is 4.91. The van der Waals surface area contributed by atoms with Gasteiger partial charge >= 0.3 is 5.69 Å². The first-order valence-electron chi connectivity index (χ1n) is 7.73. The van der Waals surface area contributed by atoms with Crippen LogP contribution in [0.25, 0.3) is 0 Å². The minimum Gasteiger partial charge on any atom is -0.363 e. The molecule has 0 radical (unpaired) electrons. The van der Waals surface area contributed by atoms with E-state index in [0.29, 0.717) is 23.3 Å². The SMILES string of the molecule is NNc1cccc(N2CCC[C@H]3CCCC[C@H]32)c1[N+](=O)[O-]. The zero-order valence-electron chi connectivity index (χ0n) is 12.1. The van der Waals surface area contributed by atoms with Crippen LogP contribution in [0.2, 0.25) is 0 Å². The molecule has 1 saturated carbocycles. The van der Waals surface area contributed by atoms with E-state index in [-0.39, 0.29) is 10.6 Å². The zero-order valence-corrected chi connectivity index (χ0v) is 12.1. The van der Waals surface area contributed by atoms with Crippen molar-refractivity contribution in [2.24, 2.45) is 11.8 Å². The third kappa shape index (κ3) is 2.55. The molecule has 0 bridgehead atoms. The summed E-state index contributed by atoms with van der Waals surface area (Å²) in [7, 11) is 0. The van der Waals surface area contributed by atoms with Crippen LogP contribution in [-0.4, -0.2) is 17.5 Å². The van der Waals surface area contributed by atoms with Gasteiger partial charge in [0.15, 0.2) is 0 Å². The first-order chi connectivity index (χ1) is 10.2. The lowest BCUT2D eigenvalue weighted by Crippen LogP contribution is -2.47. The molecule has 2 fully saturated rings. The molecular formula is C15H22N4O2. The van der Waals surface area contributed by atoms with Gasteiger partial charge in [0.2, 0.25) is 0 Å². The quantitative estimate of drug-likeness (QED) is 0.508. The predicted molar refractivity (Wildman–Crippen MR) is 83.2 cm³/mol. The molecular weight excluding hydrogens is 268 g/mol. The van der Waals surface area contributed by atoms with E-state index in [4.69, 9.17) is 5.84 Å². The molecule has 1 aromatic carbocycles. The Morgan fingerprint density at radius 3 is 2.76 bits per heavy atom. The molecule has 0 aromatic heterocycles. The highest BCUT2D eigenvalue weighted by molar-refractivity contribution is 5.77. The van der Waals surface area contributed by atoms with Crippen LogP contribution in [-0.2, 0) is 0 Å². The molecule has 114 valence electrons. The van der Waals surface area contributed by atoms with Gasteiger partial charge in [-0.2, -0.15) is 0 Å². The van der Waals surface area contributed by atoms with Gasteiger partial charge in [-0.05, 0) is 43.7 Å². The van der Waals surface area contributed by atoms with Gasteiger partial charge in [-0.15, -0.1) is 0 Å². The molecule has 6 heteroatoms. The summed E-state index contributed by atoms with van der Waals surface area (Å²) in [5.74, 6) is 6.13. The summed E-state index contributed by atoms with van der Waals surface area (Å²) >= 11 is 0. The van der Waals surface area contributed by atoms with E-state index in [0.717, 1.165) is 19.4 Å². The van der Waals surface area contributed by atoms with Crippen LogP contribution in [0.15, 0.2) is 18.2 Å². The van der Waals surface area contributed by atoms with E-state index in [1.165, 1.54) is 25.7 Å². The van der Waals surface area contributed by atoms with Gasteiger partial charge in [-0.3, -0.25) is 16.0 Å². The number of rotatable bonds is 3. The third-order valence-corrected chi connectivity index (χ3v) is 4.91. The molecule has 1 aromatic rings. The van der Waals surface area contributed by atoms with Gasteiger partial charge in [-0.25, -0.2) is 0 Å². The second kappa shape index (κ2) is 5.89. The summed E-state index contributed by atoms with van der Waals surface area (Å²) < 4.78 is 0. The second-order valence-corrected chi connectivity index (χ2v) is 6.02. The highest BCUT2D eigenvalue weighted by atomic mass is 16.6. The van der Waals surface area contributed by atoms with Crippen molar-refractivity contribution in [3.8, 4) is 0 Å². The maximum Gasteiger partial charge on any atom is 0.316 e. The smallest absolute Gasteiger partial charge is 0.316 e. The number of nitro benzene ring substituents is 1. The Kier molecular flexibility index (Phi) is 3.96. The fourth-order valence-electron chi connectivity index (χ4n) is 4.00. The maximum absolute atomic E-state index is 11.5. The standard InChI is InChI=1S/C15H22N4O2/c16-17-12-7-3-9-14(15(12)19(20)21)18-10-4-6-11-5-1-2-8-13(11)18/h3,7,9,11,13,17H,1-2,4-6,8,10,16H2/t11-,13-/m1/s1. The normalized spacial score (nSPS) is 25.3. The zero-order chi connectivity index (χ0) is 14.8. The number of nitrogens with one attached hydrogen (secondary N) is 1. The average molecular weight is 290 g/mol. The lowest BCUT2D eigenvalue weighted by molar-refractivity contribution is -0.383. The number of nitrogens with zero attached hydrogens (tertiary/aromatic N) is 2. The van der Waals surface area contributed by atoms with Crippen LogP contribution in [0.1, 0.15) is 38.5 Å². The minimum absolute atomic E-state index is 0.103. The molecule has 0 unspecified atom stereocenters. The predicted octanol–water partition coefficient (Wildman–Crippen LogP) is 3.04. The molecule has 2 aliphatic rings. The van der Waals surface area contributed by atoms with Crippen LogP contribution in [0, 0.1) is 16.0 Å². The first kappa shape index (κ1) is 14.1. The molecule has 3 N–H and O–H groups in total. The summed E-state index contributed by atoms with van der Waals surface area (Å²) in [6.07, 6.45) is 7.27. The van der Waals surface area contributed by atoms with Crippen LogP contribution in [0.4, 0.5) is 17.1 Å². The Morgan fingerprint density at radius 1 is 1.24 bits per heavy atom. The van der Waals surface area contributed by atoms with Crippen LogP contribution >= 0.6 is 0 Å². The van der Waals surface area contributed by atoms with Crippen LogP contribution < -0.4 is 16.2 Å². The topological polar surface area (TPSA) is 84.4 Å². The Balaban J connectivity index is 2.00. The molecule has 3 rings (SSSR count). The van der Waals surface area contributed by atoms with E-state index >= 15 is 0 Å². The number of anilines is 2. The monoisotopic (exact) mass is 290 g/mol. The highest BCUT2D eigenvalue weighted by Crippen LogP contribution is 2.42. The number of nitrogens with two attached hydrogens (primary N) is 1. The van der Waals surface area contributed by atoms with Crippen LogP contribution in [0.5, 0.6) is 0 Å². The van der Waals surface area contributed by atoms with Gasteiger partial charge in [-0.1, -0.05) is 18.9 Å². The highest BCUT2D eigenvalue weighted by Gasteiger charge is 2.36. The number of nitrogen functional groups attached to an aromatic ring is 1. The molecule has 21 heavy (non-hydrogen) atoms. The molecule has 1 aliphatic heterocycles. The van der Waals surface area contributed by atoms with Gasteiger partial charge in [0.25, 0.3) is 0 Å². The van der Waals surface area contributed by atoms with Crippen molar-refractivity contribution in [2.45, 2.75) is 44.6 Å². The van der Waals surface area contributed by atoms with E-state index < -0.39 is 0 Å². The second-order valence-electron chi connectivity index (χ2n) is 6.02. The van der Waals surface area contributed by atoms with E-state index in [1.54, 1.807) is 6.07 Å². The van der Waals surface area contributed by atoms with E-state index in [1.807, 2.05) is 12.1 Å².